The molecule has 3 aromatic rings. The lowest BCUT2D eigenvalue weighted by Gasteiger charge is -2.08. The zero-order valence-electron chi connectivity index (χ0n) is 15.5. The van der Waals surface area contributed by atoms with Gasteiger partial charge in [-0.2, -0.15) is 5.10 Å². The second-order valence-corrected chi connectivity index (χ2v) is 6.01. The largest absolute Gasteiger partial charge is 0.493 e. The molecule has 0 aliphatic rings. The van der Waals surface area contributed by atoms with Gasteiger partial charge in [0.1, 0.15) is 11.3 Å². The van der Waals surface area contributed by atoms with Gasteiger partial charge in [-0.3, -0.25) is 9.59 Å². The van der Waals surface area contributed by atoms with Crippen LogP contribution in [0.2, 0.25) is 0 Å². The van der Waals surface area contributed by atoms with Crippen LogP contribution >= 0.6 is 0 Å². The molecule has 0 radical (unpaired) electrons. The monoisotopic (exact) mass is 375 g/mol. The number of nitrogens with one attached hydrogen (secondary N) is 1. The van der Waals surface area contributed by atoms with Crippen LogP contribution in [0.1, 0.15) is 28.4 Å². The normalized spacial score (nSPS) is 10.8. The van der Waals surface area contributed by atoms with Crippen molar-refractivity contribution in [3.05, 3.63) is 100.0 Å². The number of carbonyl (C=O) groups is 1. The Balaban J connectivity index is 1.73. The van der Waals surface area contributed by atoms with E-state index in [4.69, 9.17) is 4.74 Å². The van der Waals surface area contributed by atoms with Gasteiger partial charge in [0.25, 0.3) is 11.5 Å². The fourth-order valence-electron chi connectivity index (χ4n) is 2.71. The van der Waals surface area contributed by atoms with Gasteiger partial charge in [-0.25, -0.2) is 5.43 Å². The molecular formula is C22H21N3O3. The lowest BCUT2D eigenvalue weighted by atomic mass is 10.2. The summed E-state index contributed by atoms with van der Waals surface area (Å²) in [5.41, 5.74) is 3.79. The number of ether oxygens (including phenoxy) is 1. The van der Waals surface area contributed by atoms with Gasteiger partial charge in [0, 0.05) is 11.8 Å². The number of amides is 1. The minimum Gasteiger partial charge on any atom is -0.493 e. The first-order valence-electron chi connectivity index (χ1n) is 8.97. The van der Waals surface area contributed by atoms with Crippen LogP contribution in [0, 0.1) is 0 Å². The van der Waals surface area contributed by atoms with Crippen molar-refractivity contribution in [2.45, 2.75) is 13.5 Å². The Morgan fingerprint density at radius 1 is 1.07 bits per heavy atom. The maximum atomic E-state index is 12.6. The Bertz CT molecular complexity index is 1030. The van der Waals surface area contributed by atoms with Crippen LogP contribution in [-0.4, -0.2) is 23.3 Å². The van der Waals surface area contributed by atoms with E-state index >= 15 is 0 Å². The number of nitrogens with zero attached hydrogens (tertiary/aromatic N) is 2. The molecule has 0 atom stereocenters. The van der Waals surface area contributed by atoms with E-state index in [1.165, 1.54) is 16.8 Å². The fourth-order valence-corrected chi connectivity index (χ4v) is 2.71. The predicted molar refractivity (Wildman–Crippen MR) is 109 cm³/mol. The zero-order chi connectivity index (χ0) is 19.8. The van der Waals surface area contributed by atoms with Crippen molar-refractivity contribution in [3.63, 3.8) is 0 Å². The van der Waals surface area contributed by atoms with Crippen molar-refractivity contribution in [3.8, 4) is 5.75 Å². The number of benzene rings is 2. The van der Waals surface area contributed by atoms with Gasteiger partial charge in [0.05, 0.1) is 19.4 Å². The summed E-state index contributed by atoms with van der Waals surface area (Å²) in [6, 6.07) is 20.1. The van der Waals surface area contributed by atoms with Crippen LogP contribution in [0.25, 0.3) is 0 Å². The second-order valence-electron chi connectivity index (χ2n) is 6.01. The standard InChI is InChI=1S/C22H21N3O3/c1-2-28-20-13-7-6-11-18(20)15-23-24-21(26)19-12-8-14-25(22(19)27)16-17-9-4-3-5-10-17/h3-15H,2,16H2,1H3,(H,24,26)/b23-15-. The van der Waals surface area contributed by atoms with Gasteiger partial charge in [-0.15, -0.1) is 0 Å². The molecule has 1 aromatic heterocycles. The van der Waals surface area contributed by atoms with Crippen LogP contribution in [0.15, 0.2) is 82.8 Å². The molecule has 0 saturated carbocycles. The van der Waals surface area contributed by atoms with E-state index in [0.717, 1.165) is 11.1 Å². The minimum atomic E-state index is -0.558. The van der Waals surface area contributed by atoms with Gasteiger partial charge < -0.3 is 9.30 Å². The maximum absolute atomic E-state index is 12.6. The van der Waals surface area contributed by atoms with Crippen molar-refractivity contribution in [2.24, 2.45) is 5.10 Å². The molecule has 1 amide bonds. The van der Waals surface area contributed by atoms with Gasteiger partial charge in [0.15, 0.2) is 0 Å². The summed E-state index contributed by atoms with van der Waals surface area (Å²) in [7, 11) is 0. The number of aromatic nitrogens is 1. The highest BCUT2D eigenvalue weighted by Gasteiger charge is 2.11. The molecule has 142 valence electrons. The Morgan fingerprint density at radius 3 is 2.61 bits per heavy atom. The van der Waals surface area contributed by atoms with Crippen molar-refractivity contribution in [1.29, 1.82) is 0 Å². The number of carbonyl (C=O) groups excluding carboxylic acids is 1. The van der Waals surface area contributed by atoms with Crippen LogP contribution in [0.5, 0.6) is 5.75 Å². The molecule has 1 N–H and O–H groups in total. The van der Waals surface area contributed by atoms with Crippen molar-refractivity contribution >= 4 is 12.1 Å². The highest BCUT2D eigenvalue weighted by atomic mass is 16.5. The van der Waals surface area contributed by atoms with Crippen molar-refractivity contribution in [2.75, 3.05) is 6.61 Å². The first-order chi connectivity index (χ1) is 13.7. The molecule has 0 bridgehead atoms. The number of hydrazone groups is 1. The van der Waals surface area contributed by atoms with Crippen LogP contribution < -0.4 is 15.7 Å². The van der Waals surface area contributed by atoms with Crippen molar-refractivity contribution < 1.29 is 9.53 Å². The third-order valence-electron chi connectivity index (χ3n) is 4.05. The molecule has 6 heteroatoms. The molecule has 0 aliphatic heterocycles. The lowest BCUT2D eigenvalue weighted by Crippen LogP contribution is -2.30. The Labute approximate surface area is 163 Å². The van der Waals surface area contributed by atoms with Gasteiger partial charge >= 0.3 is 0 Å². The zero-order valence-corrected chi connectivity index (χ0v) is 15.5. The Morgan fingerprint density at radius 2 is 1.82 bits per heavy atom. The van der Waals surface area contributed by atoms with Crippen molar-refractivity contribution in [1.82, 2.24) is 9.99 Å². The molecule has 0 spiro atoms. The van der Waals surface area contributed by atoms with Crippen LogP contribution in [0.3, 0.4) is 0 Å². The summed E-state index contributed by atoms with van der Waals surface area (Å²) < 4.78 is 7.01. The SMILES string of the molecule is CCOc1ccccc1/C=N\NC(=O)c1cccn(Cc2ccccc2)c1=O. The summed E-state index contributed by atoms with van der Waals surface area (Å²) in [6.45, 7) is 2.82. The van der Waals surface area contributed by atoms with Crippen LogP contribution in [0.4, 0.5) is 0 Å². The predicted octanol–water partition coefficient (Wildman–Crippen LogP) is 3.06. The smallest absolute Gasteiger partial charge is 0.276 e. The molecule has 0 aliphatic carbocycles. The summed E-state index contributed by atoms with van der Waals surface area (Å²) >= 11 is 0. The summed E-state index contributed by atoms with van der Waals surface area (Å²) in [5, 5.41) is 3.96. The average Bonchev–Trinajstić information content (AvgIpc) is 2.72. The molecule has 2 aromatic carbocycles. The van der Waals surface area contributed by atoms with E-state index in [9.17, 15) is 9.59 Å². The topological polar surface area (TPSA) is 72.7 Å². The van der Waals surface area contributed by atoms with E-state index in [1.54, 1.807) is 12.3 Å². The molecular weight excluding hydrogens is 354 g/mol. The lowest BCUT2D eigenvalue weighted by molar-refractivity contribution is 0.0953. The Kier molecular flexibility index (Phi) is 6.36. The molecule has 0 fully saturated rings. The average molecular weight is 375 g/mol. The highest BCUT2D eigenvalue weighted by Crippen LogP contribution is 2.15. The summed E-state index contributed by atoms with van der Waals surface area (Å²) in [6.07, 6.45) is 3.15. The van der Waals surface area contributed by atoms with E-state index in [-0.39, 0.29) is 11.1 Å². The first-order valence-corrected chi connectivity index (χ1v) is 8.97. The number of para-hydroxylation sites is 1. The van der Waals surface area contributed by atoms with E-state index < -0.39 is 5.91 Å². The number of hydrogen-bond acceptors (Lipinski definition) is 4. The quantitative estimate of drug-likeness (QED) is 0.510. The summed E-state index contributed by atoms with van der Waals surface area (Å²) in [4.78, 5) is 25.0. The minimum absolute atomic E-state index is 0.0358. The fraction of sp³-hybridized carbons (Fsp3) is 0.136. The molecule has 3 rings (SSSR count). The molecule has 28 heavy (non-hydrogen) atoms. The number of pyridine rings is 1. The van der Waals surface area contributed by atoms with Crippen LogP contribution in [-0.2, 0) is 6.54 Å². The molecule has 0 saturated heterocycles. The van der Waals surface area contributed by atoms with E-state index in [2.05, 4.69) is 10.5 Å². The van der Waals surface area contributed by atoms with Gasteiger partial charge in [0.2, 0.25) is 0 Å². The first kappa shape index (κ1) is 19.1. The molecule has 0 unspecified atom stereocenters. The van der Waals surface area contributed by atoms with Gasteiger partial charge in [-0.05, 0) is 36.8 Å². The third kappa shape index (κ3) is 4.73. The maximum Gasteiger partial charge on any atom is 0.276 e. The number of rotatable bonds is 7. The van der Waals surface area contributed by atoms with E-state index in [0.29, 0.717) is 18.9 Å². The molecule has 6 nitrogen and oxygen atoms in total. The third-order valence-corrected chi connectivity index (χ3v) is 4.05. The Hall–Kier alpha value is -3.67. The summed E-state index contributed by atoms with van der Waals surface area (Å²) in [5.74, 6) is 0.116. The van der Waals surface area contributed by atoms with Gasteiger partial charge in [-0.1, -0.05) is 42.5 Å². The second kappa shape index (κ2) is 9.32. The number of hydrogen-bond donors (Lipinski definition) is 1. The highest BCUT2D eigenvalue weighted by molar-refractivity contribution is 5.94. The molecule has 1 heterocycles. The van der Waals surface area contributed by atoms with E-state index in [1.807, 2.05) is 61.5 Å².